The van der Waals surface area contributed by atoms with Crippen molar-refractivity contribution in [3.05, 3.63) is 59.7 Å². The van der Waals surface area contributed by atoms with Crippen molar-refractivity contribution in [2.24, 2.45) is 0 Å². The zero-order valence-electron chi connectivity index (χ0n) is 18.4. The van der Waals surface area contributed by atoms with Gasteiger partial charge in [0.2, 0.25) is 0 Å². The lowest BCUT2D eigenvalue weighted by molar-refractivity contribution is -0.137. The van der Waals surface area contributed by atoms with Gasteiger partial charge in [-0.05, 0) is 69.5 Å². The van der Waals surface area contributed by atoms with Gasteiger partial charge in [0.05, 0.1) is 0 Å². The first-order chi connectivity index (χ1) is 14.8. The van der Waals surface area contributed by atoms with Crippen molar-refractivity contribution in [2.75, 3.05) is 0 Å². The lowest BCUT2D eigenvalue weighted by Crippen LogP contribution is -2.29. The van der Waals surface area contributed by atoms with E-state index in [1.54, 1.807) is 52.0 Å². The van der Waals surface area contributed by atoms with Crippen LogP contribution in [-0.2, 0) is 14.4 Å². The maximum atomic E-state index is 12.0. The van der Waals surface area contributed by atoms with Crippen LogP contribution in [0.3, 0.4) is 0 Å². The largest absolute Gasteiger partial charge is 0.481 e. The second kappa shape index (κ2) is 10.6. The third-order valence-corrected chi connectivity index (χ3v) is 5.25. The zero-order valence-corrected chi connectivity index (χ0v) is 21.5. The number of rotatable bonds is 9. The Balaban J connectivity index is 2.23. The van der Waals surface area contributed by atoms with Crippen LogP contribution in [-0.4, -0.2) is 31.7 Å². The summed E-state index contributed by atoms with van der Waals surface area (Å²) in [6, 6.07) is 14.0. The predicted octanol–water partition coefficient (Wildman–Crippen LogP) is 5.84. The highest BCUT2D eigenvalue weighted by atomic mass is 79.9. The minimum Gasteiger partial charge on any atom is -0.481 e. The highest BCUT2D eigenvalue weighted by molar-refractivity contribution is 9.10. The van der Waals surface area contributed by atoms with E-state index >= 15 is 0 Å². The smallest absolute Gasteiger partial charge is 0.327 e. The van der Waals surface area contributed by atoms with E-state index < -0.39 is 26.6 Å². The molecule has 0 aliphatic rings. The Hall–Kier alpha value is -2.19. The maximum absolute atomic E-state index is 12.0. The van der Waals surface area contributed by atoms with E-state index in [-0.39, 0.29) is 12.3 Å². The average Bonchev–Trinajstić information content (AvgIpc) is 2.68. The number of esters is 2. The number of ether oxygens (including phenoxy) is 2. The molecule has 1 N–H and O–H groups in total. The first kappa shape index (κ1) is 26.1. The monoisotopic (exact) mass is 568 g/mol. The fraction of sp³-hybridized carbons (Fsp3) is 0.375. The van der Waals surface area contributed by atoms with E-state index in [0.29, 0.717) is 17.9 Å². The molecule has 0 saturated heterocycles. The number of hydrogen-bond acceptors (Lipinski definition) is 5. The molecule has 0 heterocycles. The summed E-state index contributed by atoms with van der Waals surface area (Å²) in [7, 11) is 0. The third kappa shape index (κ3) is 7.74. The number of hydrogen-bond donors (Lipinski definition) is 1. The van der Waals surface area contributed by atoms with Crippen molar-refractivity contribution < 1.29 is 29.0 Å². The van der Waals surface area contributed by atoms with Crippen LogP contribution in [0.4, 0.5) is 0 Å². The summed E-state index contributed by atoms with van der Waals surface area (Å²) in [6.07, 6.45) is 0.379. The molecular weight excluding hydrogens is 544 g/mol. The second-order valence-corrected chi connectivity index (χ2v) is 12.3. The highest BCUT2D eigenvalue weighted by Gasteiger charge is 2.27. The number of carbonyl (C=O) groups excluding carboxylic acids is 2. The van der Waals surface area contributed by atoms with Crippen LogP contribution in [0, 0.1) is 0 Å². The van der Waals surface area contributed by atoms with Crippen LogP contribution in [0.15, 0.2) is 48.5 Å². The molecule has 0 unspecified atom stereocenters. The summed E-state index contributed by atoms with van der Waals surface area (Å²) in [4.78, 5) is 35.3. The van der Waals surface area contributed by atoms with Gasteiger partial charge in [-0.15, -0.1) is 0 Å². The number of carbonyl (C=O) groups is 3. The lowest BCUT2D eigenvalue weighted by Gasteiger charge is -2.19. The first-order valence-corrected chi connectivity index (χ1v) is 11.6. The summed E-state index contributed by atoms with van der Waals surface area (Å²) in [5.41, 5.74) is 1.77. The molecular formula is C24H26Br2O6. The Kier molecular flexibility index (Phi) is 8.65. The summed E-state index contributed by atoms with van der Waals surface area (Å²) < 4.78 is 9.13. The molecule has 0 spiro atoms. The van der Waals surface area contributed by atoms with Gasteiger partial charge in [-0.2, -0.15) is 0 Å². The number of halogens is 2. The fourth-order valence-corrected chi connectivity index (χ4v) is 2.95. The molecule has 0 saturated carbocycles. The zero-order chi connectivity index (χ0) is 24.1. The number of aliphatic carboxylic acids is 1. The van der Waals surface area contributed by atoms with Gasteiger partial charge in [0, 0.05) is 12.3 Å². The SMILES string of the molecule is CC(C)(Br)C(=O)Oc1ccc(C(CCC(=O)O)c2ccc(OC(=O)C(C)(C)Br)cc2)cc1. The van der Waals surface area contributed by atoms with E-state index in [1.165, 1.54) is 0 Å². The van der Waals surface area contributed by atoms with Gasteiger partial charge in [0.25, 0.3) is 0 Å². The topological polar surface area (TPSA) is 89.9 Å². The van der Waals surface area contributed by atoms with Crippen molar-refractivity contribution in [1.82, 2.24) is 0 Å². The Morgan fingerprint density at radius 1 is 0.781 bits per heavy atom. The van der Waals surface area contributed by atoms with E-state index in [4.69, 9.17) is 9.47 Å². The molecule has 2 rings (SSSR count). The van der Waals surface area contributed by atoms with E-state index in [1.807, 2.05) is 24.3 Å². The molecule has 0 radical (unpaired) electrons. The Morgan fingerprint density at radius 3 is 1.41 bits per heavy atom. The minimum atomic E-state index is -0.884. The molecule has 0 aromatic heterocycles. The molecule has 32 heavy (non-hydrogen) atoms. The molecule has 2 aromatic carbocycles. The van der Waals surface area contributed by atoms with Gasteiger partial charge in [-0.1, -0.05) is 56.1 Å². The van der Waals surface area contributed by atoms with Crippen LogP contribution in [0.1, 0.15) is 57.6 Å². The normalized spacial score (nSPS) is 11.8. The predicted molar refractivity (Wildman–Crippen MR) is 129 cm³/mol. The van der Waals surface area contributed by atoms with Crippen molar-refractivity contribution in [3.63, 3.8) is 0 Å². The average molecular weight is 570 g/mol. The van der Waals surface area contributed by atoms with Crippen LogP contribution in [0.2, 0.25) is 0 Å². The van der Waals surface area contributed by atoms with Crippen molar-refractivity contribution in [2.45, 2.75) is 55.1 Å². The molecule has 0 amide bonds. The van der Waals surface area contributed by atoms with Crippen molar-refractivity contribution in [3.8, 4) is 11.5 Å². The Morgan fingerprint density at radius 2 is 1.12 bits per heavy atom. The van der Waals surface area contributed by atoms with Gasteiger partial charge in [-0.3, -0.25) is 14.4 Å². The highest BCUT2D eigenvalue weighted by Crippen LogP contribution is 2.32. The van der Waals surface area contributed by atoms with Crippen LogP contribution in [0.25, 0.3) is 0 Å². The second-order valence-electron chi connectivity index (χ2n) is 8.35. The first-order valence-electron chi connectivity index (χ1n) is 10.0. The minimum absolute atomic E-state index is 0.00626. The number of carboxylic acid groups (broad SMARTS) is 1. The maximum Gasteiger partial charge on any atom is 0.327 e. The summed E-state index contributed by atoms with van der Waals surface area (Å²) >= 11 is 6.54. The van der Waals surface area contributed by atoms with E-state index in [2.05, 4.69) is 31.9 Å². The number of benzene rings is 2. The van der Waals surface area contributed by atoms with Crippen molar-refractivity contribution in [1.29, 1.82) is 0 Å². The quantitative estimate of drug-likeness (QED) is 0.232. The van der Waals surface area contributed by atoms with Gasteiger partial charge in [-0.25, -0.2) is 0 Å². The van der Waals surface area contributed by atoms with E-state index in [0.717, 1.165) is 11.1 Å². The Bertz CT molecular complexity index is 882. The van der Waals surface area contributed by atoms with Crippen LogP contribution in [0.5, 0.6) is 11.5 Å². The summed E-state index contributed by atoms with van der Waals surface area (Å²) in [5, 5.41) is 9.17. The molecule has 0 bridgehead atoms. The van der Waals surface area contributed by atoms with Crippen LogP contribution >= 0.6 is 31.9 Å². The lowest BCUT2D eigenvalue weighted by atomic mass is 9.87. The van der Waals surface area contributed by atoms with Crippen molar-refractivity contribution >= 4 is 49.8 Å². The molecule has 172 valence electrons. The van der Waals surface area contributed by atoms with Gasteiger partial charge < -0.3 is 14.6 Å². The molecule has 0 aliphatic carbocycles. The molecule has 0 atom stereocenters. The molecule has 0 aliphatic heterocycles. The molecule has 6 nitrogen and oxygen atoms in total. The third-order valence-electron chi connectivity index (χ3n) is 4.60. The van der Waals surface area contributed by atoms with Gasteiger partial charge >= 0.3 is 17.9 Å². The standard InChI is InChI=1S/C24H26Br2O6/c1-23(2,25)21(29)31-17-9-5-15(6-10-17)19(13-14-20(27)28)16-7-11-18(12-8-16)32-22(30)24(3,4)26/h5-12,19H,13-14H2,1-4H3,(H,27,28). The Labute approximate surface area is 204 Å². The molecule has 0 fully saturated rings. The fourth-order valence-electron chi connectivity index (χ4n) is 2.79. The molecule has 8 heteroatoms. The summed E-state index contributed by atoms with van der Waals surface area (Å²) in [5.74, 6) is -1.09. The van der Waals surface area contributed by atoms with Gasteiger partial charge in [0.1, 0.15) is 20.1 Å². The number of alkyl halides is 2. The van der Waals surface area contributed by atoms with Crippen LogP contribution < -0.4 is 9.47 Å². The number of carboxylic acids is 1. The van der Waals surface area contributed by atoms with E-state index in [9.17, 15) is 19.5 Å². The molecule has 2 aromatic rings. The van der Waals surface area contributed by atoms with Gasteiger partial charge in [0.15, 0.2) is 0 Å². The summed E-state index contributed by atoms with van der Waals surface area (Å²) in [6.45, 7) is 6.80.